The normalized spacial score (nSPS) is 57.5. The summed E-state index contributed by atoms with van der Waals surface area (Å²) in [6.45, 7) is 12.2. The van der Waals surface area contributed by atoms with Crippen LogP contribution in [0, 0.1) is 17.3 Å². The molecule has 1 aliphatic heterocycles. The van der Waals surface area contributed by atoms with Gasteiger partial charge in [0.25, 0.3) is 0 Å². The minimum absolute atomic E-state index is 0.543. The lowest BCUT2D eigenvalue weighted by atomic mass is 9.57. The molecule has 2 aliphatic rings. The molecule has 5 atom stereocenters. The lowest BCUT2D eigenvalue weighted by molar-refractivity contribution is 0.0742. The summed E-state index contributed by atoms with van der Waals surface area (Å²) in [6.07, 6.45) is 2.47. The molecule has 1 aliphatic carbocycles. The highest BCUT2D eigenvalue weighted by atomic mass is 32.2. The van der Waals surface area contributed by atoms with E-state index >= 15 is 0 Å². The average Bonchev–Trinajstić information content (AvgIpc) is 2.34. The molecule has 0 amide bonds. The van der Waals surface area contributed by atoms with Crippen LogP contribution in [0.1, 0.15) is 34.6 Å². The van der Waals surface area contributed by atoms with E-state index in [1.807, 2.05) is 0 Å². The maximum Gasteiger partial charge on any atom is 0.175 e. The molecule has 0 radical (unpaired) electrons. The third-order valence-corrected chi connectivity index (χ3v) is 7.66. The lowest BCUT2D eigenvalue weighted by Crippen LogP contribution is -2.49. The third-order valence-electron chi connectivity index (χ3n) is 4.35. The van der Waals surface area contributed by atoms with E-state index in [9.17, 15) is 0 Å². The molecule has 0 N–H and O–H groups in total. The van der Waals surface area contributed by atoms with Gasteiger partial charge in [-0.05, 0) is 12.3 Å². The van der Waals surface area contributed by atoms with Crippen LogP contribution in [0.25, 0.3) is 0 Å². The molecule has 1 saturated heterocycles. The number of rotatable bonds is 0. The van der Waals surface area contributed by atoms with Gasteiger partial charge in [0.1, 0.15) is 0 Å². The van der Waals surface area contributed by atoms with Gasteiger partial charge in [0.05, 0.1) is 6.26 Å². The highest BCUT2D eigenvalue weighted by molar-refractivity contribution is 8.05. The van der Waals surface area contributed by atoms with Crippen molar-refractivity contribution in [1.29, 1.82) is 0 Å². The Labute approximate surface area is 79.5 Å². The van der Waals surface area contributed by atoms with Crippen LogP contribution in [-0.4, -0.2) is 16.3 Å². The molecular formula is C11H21S+. The Morgan fingerprint density at radius 2 is 1.75 bits per heavy atom. The molecule has 70 valence electrons. The Morgan fingerprint density at radius 1 is 1.25 bits per heavy atom. The van der Waals surface area contributed by atoms with Crippen molar-refractivity contribution < 1.29 is 0 Å². The highest BCUT2D eigenvalue weighted by Gasteiger charge is 2.87. The summed E-state index contributed by atoms with van der Waals surface area (Å²) in [5.41, 5.74) is 0.543. The molecule has 0 spiro atoms. The summed E-state index contributed by atoms with van der Waals surface area (Å²) in [4.78, 5) is 0. The zero-order chi connectivity index (χ0) is 9.31. The van der Waals surface area contributed by atoms with Crippen LogP contribution in [0.3, 0.4) is 0 Å². The molecule has 5 unspecified atom stereocenters. The summed E-state index contributed by atoms with van der Waals surface area (Å²) < 4.78 is 0.762. The van der Waals surface area contributed by atoms with Crippen LogP contribution in [0.4, 0.5) is 0 Å². The molecule has 1 heterocycles. The highest BCUT2D eigenvalue weighted by Crippen LogP contribution is 2.71. The van der Waals surface area contributed by atoms with Crippen molar-refractivity contribution in [2.45, 2.75) is 44.6 Å². The molecule has 0 aromatic rings. The van der Waals surface area contributed by atoms with Gasteiger partial charge in [-0.1, -0.05) is 27.7 Å². The van der Waals surface area contributed by atoms with Crippen molar-refractivity contribution in [3.05, 3.63) is 0 Å². The standard InChI is InChI=1S/C11H21S/c1-7-8(10(2,3)4)9-11(7,5)12(9)6/h7-9H,1-6H3/q+1. The quantitative estimate of drug-likeness (QED) is 0.402. The Bertz CT molecular complexity index is 208. The fourth-order valence-electron chi connectivity index (χ4n) is 3.37. The first-order valence-electron chi connectivity index (χ1n) is 4.96. The Kier molecular flexibility index (Phi) is 1.53. The van der Waals surface area contributed by atoms with Crippen LogP contribution in [-0.2, 0) is 10.9 Å². The predicted molar refractivity (Wildman–Crippen MR) is 57.6 cm³/mol. The van der Waals surface area contributed by atoms with Gasteiger partial charge >= 0.3 is 0 Å². The van der Waals surface area contributed by atoms with E-state index in [0.29, 0.717) is 5.41 Å². The van der Waals surface area contributed by atoms with Crippen molar-refractivity contribution in [2.24, 2.45) is 17.3 Å². The topological polar surface area (TPSA) is 0 Å². The first-order valence-corrected chi connectivity index (χ1v) is 6.65. The van der Waals surface area contributed by atoms with Crippen molar-refractivity contribution >= 4 is 10.9 Å². The van der Waals surface area contributed by atoms with Crippen molar-refractivity contribution in [3.63, 3.8) is 0 Å². The number of hydrogen-bond donors (Lipinski definition) is 0. The first-order chi connectivity index (χ1) is 5.31. The van der Waals surface area contributed by atoms with Crippen molar-refractivity contribution in [3.8, 4) is 0 Å². The lowest BCUT2D eigenvalue weighted by Gasteiger charge is -2.40. The zero-order valence-corrected chi connectivity index (χ0v) is 9.96. The zero-order valence-electron chi connectivity index (χ0n) is 9.14. The number of fused-ring (bicyclic) bond motifs is 1. The molecule has 1 heteroatoms. The second-order valence-electron chi connectivity index (χ2n) is 5.84. The van der Waals surface area contributed by atoms with E-state index in [0.717, 1.165) is 32.7 Å². The van der Waals surface area contributed by atoms with E-state index in [2.05, 4.69) is 40.9 Å². The molecule has 0 bridgehead atoms. The minimum atomic E-state index is 0.543. The SMILES string of the molecule is CC1C(C(C)(C)C)C2[S+](C)C12C. The van der Waals surface area contributed by atoms with Gasteiger partial charge in [-0.3, -0.25) is 0 Å². The summed E-state index contributed by atoms with van der Waals surface area (Å²) in [6, 6.07) is 0. The van der Waals surface area contributed by atoms with Gasteiger partial charge in [0, 0.05) is 22.7 Å². The summed E-state index contributed by atoms with van der Waals surface area (Å²) >= 11 is 0. The average molecular weight is 185 g/mol. The van der Waals surface area contributed by atoms with E-state index in [4.69, 9.17) is 0 Å². The number of hydrogen-bond acceptors (Lipinski definition) is 0. The van der Waals surface area contributed by atoms with Gasteiger partial charge in [0.15, 0.2) is 10.00 Å². The summed E-state index contributed by atoms with van der Waals surface area (Å²) in [7, 11) is 0.738. The van der Waals surface area contributed by atoms with Crippen LogP contribution in [0.2, 0.25) is 0 Å². The first kappa shape index (κ1) is 8.93. The van der Waals surface area contributed by atoms with Gasteiger partial charge in [0.2, 0.25) is 0 Å². The fourth-order valence-corrected chi connectivity index (χ4v) is 6.92. The van der Waals surface area contributed by atoms with Crippen LogP contribution < -0.4 is 0 Å². The van der Waals surface area contributed by atoms with Gasteiger partial charge < -0.3 is 0 Å². The second-order valence-corrected chi connectivity index (χ2v) is 8.35. The Morgan fingerprint density at radius 3 is 1.92 bits per heavy atom. The smallest absolute Gasteiger partial charge is 0.0597 e. The molecule has 0 nitrogen and oxygen atoms in total. The van der Waals surface area contributed by atoms with Crippen LogP contribution >= 0.6 is 0 Å². The summed E-state index contributed by atoms with van der Waals surface area (Å²) in [5, 5.41) is 1.08. The predicted octanol–water partition coefficient (Wildman–Crippen LogP) is 2.69. The molecule has 2 rings (SSSR count). The largest absolute Gasteiger partial charge is 0.175 e. The van der Waals surface area contributed by atoms with Gasteiger partial charge in [-0.15, -0.1) is 0 Å². The Balaban J connectivity index is 2.17. The molecule has 1 saturated carbocycles. The molecule has 12 heavy (non-hydrogen) atoms. The second kappa shape index (κ2) is 2.05. The van der Waals surface area contributed by atoms with Crippen molar-refractivity contribution in [2.75, 3.05) is 6.26 Å². The van der Waals surface area contributed by atoms with Gasteiger partial charge in [-0.2, -0.15) is 0 Å². The maximum absolute atomic E-state index is 2.49. The maximum atomic E-state index is 2.49. The molecular weight excluding hydrogens is 164 g/mol. The van der Waals surface area contributed by atoms with E-state index in [1.165, 1.54) is 0 Å². The van der Waals surface area contributed by atoms with E-state index in [1.54, 1.807) is 0 Å². The van der Waals surface area contributed by atoms with Gasteiger partial charge in [-0.25, -0.2) is 0 Å². The molecule has 2 fully saturated rings. The van der Waals surface area contributed by atoms with E-state index in [-0.39, 0.29) is 0 Å². The monoisotopic (exact) mass is 185 g/mol. The van der Waals surface area contributed by atoms with Crippen LogP contribution in [0.15, 0.2) is 0 Å². The van der Waals surface area contributed by atoms with Crippen LogP contribution in [0.5, 0.6) is 0 Å². The van der Waals surface area contributed by atoms with Crippen molar-refractivity contribution in [1.82, 2.24) is 0 Å². The third kappa shape index (κ3) is 0.767. The fraction of sp³-hybridized carbons (Fsp3) is 1.00. The molecule has 0 aromatic carbocycles. The van der Waals surface area contributed by atoms with E-state index < -0.39 is 0 Å². The minimum Gasteiger partial charge on any atom is -0.0597 e. The molecule has 0 aromatic heterocycles. The Hall–Kier alpha value is 0.350. The summed E-state index contributed by atoms with van der Waals surface area (Å²) in [5.74, 6) is 1.96.